The van der Waals surface area contributed by atoms with Gasteiger partial charge in [0.25, 0.3) is 0 Å². The predicted molar refractivity (Wildman–Crippen MR) is 81.7 cm³/mol. The van der Waals surface area contributed by atoms with Gasteiger partial charge in [-0.25, -0.2) is 0 Å². The Kier molecular flexibility index (Phi) is 6.23. The summed E-state index contributed by atoms with van der Waals surface area (Å²) < 4.78 is 0. The van der Waals surface area contributed by atoms with Crippen LogP contribution in [0, 0.1) is 5.92 Å². The summed E-state index contributed by atoms with van der Waals surface area (Å²) in [5, 5.41) is 0. The lowest BCUT2D eigenvalue weighted by molar-refractivity contribution is 0.0939. The summed E-state index contributed by atoms with van der Waals surface area (Å²) >= 11 is 0. The third-order valence-corrected chi connectivity index (χ3v) is 3.41. The minimum atomic E-state index is 0.0549. The van der Waals surface area contributed by atoms with Crippen molar-refractivity contribution in [3.05, 3.63) is 34.9 Å². The highest BCUT2D eigenvalue weighted by Gasteiger charge is 2.13. The van der Waals surface area contributed by atoms with Crippen LogP contribution in [0.4, 0.5) is 0 Å². The maximum atomic E-state index is 12.2. The van der Waals surface area contributed by atoms with E-state index in [2.05, 4.69) is 32.0 Å². The van der Waals surface area contributed by atoms with Gasteiger partial charge in [-0.15, -0.1) is 0 Å². The molecule has 0 unspecified atom stereocenters. The number of aryl methyl sites for hydroxylation is 1. The summed E-state index contributed by atoms with van der Waals surface area (Å²) in [5.74, 6) is 0.745. The van der Waals surface area contributed by atoms with E-state index in [0.29, 0.717) is 5.92 Å². The molecule has 0 radical (unpaired) electrons. The van der Waals surface area contributed by atoms with Gasteiger partial charge in [-0.3, -0.25) is 4.79 Å². The molecule has 2 nitrogen and oxygen atoms in total. The molecule has 0 aliphatic heterocycles. The van der Waals surface area contributed by atoms with Gasteiger partial charge >= 0.3 is 0 Å². The second-order valence-electron chi connectivity index (χ2n) is 5.88. The molecule has 0 spiro atoms. The summed E-state index contributed by atoms with van der Waals surface area (Å²) in [4.78, 5) is 12.2. The molecular formula is C17H27NO. The lowest BCUT2D eigenvalue weighted by Gasteiger charge is -2.13. The topological polar surface area (TPSA) is 43.1 Å². The fraction of sp³-hybridized carbons (Fsp3) is 0.588. The van der Waals surface area contributed by atoms with E-state index < -0.39 is 0 Å². The number of carbonyl (C=O) groups is 1. The van der Waals surface area contributed by atoms with Crippen LogP contribution in [0.5, 0.6) is 0 Å². The molecule has 0 aromatic heterocycles. The SMILES string of the molecule is CC(C)C(=O)c1cc(CCCCN)cc(C(C)C)c1. The van der Waals surface area contributed by atoms with E-state index in [1.54, 1.807) is 0 Å². The van der Waals surface area contributed by atoms with Gasteiger partial charge in [0.15, 0.2) is 5.78 Å². The molecule has 1 aromatic rings. The van der Waals surface area contributed by atoms with Gasteiger partial charge in [-0.05, 0) is 55.0 Å². The molecule has 0 atom stereocenters. The van der Waals surface area contributed by atoms with E-state index >= 15 is 0 Å². The number of carbonyl (C=O) groups excluding carboxylic acids is 1. The molecule has 0 heterocycles. The Labute approximate surface area is 117 Å². The van der Waals surface area contributed by atoms with Crippen molar-refractivity contribution in [3.63, 3.8) is 0 Å². The number of benzene rings is 1. The van der Waals surface area contributed by atoms with Crippen LogP contribution >= 0.6 is 0 Å². The number of nitrogens with two attached hydrogens (primary N) is 1. The van der Waals surface area contributed by atoms with Crippen LogP contribution in [-0.2, 0) is 6.42 Å². The highest BCUT2D eigenvalue weighted by atomic mass is 16.1. The molecule has 106 valence electrons. The van der Waals surface area contributed by atoms with Gasteiger partial charge in [-0.2, -0.15) is 0 Å². The maximum absolute atomic E-state index is 12.2. The summed E-state index contributed by atoms with van der Waals surface area (Å²) in [6, 6.07) is 6.35. The van der Waals surface area contributed by atoms with Gasteiger partial charge in [0, 0.05) is 11.5 Å². The van der Waals surface area contributed by atoms with E-state index in [4.69, 9.17) is 5.73 Å². The van der Waals surface area contributed by atoms with Crippen molar-refractivity contribution in [1.29, 1.82) is 0 Å². The van der Waals surface area contributed by atoms with E-state index in [0.717, 1.165) is 31.4 Å². The summed E-state index contributed by atoms with van der Waals surface area (Å²) in [5.41, 5.74) is 8.93. The monoisotopic (exact) mass is 261 g/mol. The summed E-state index contributed by atoms with van der Waals surface area (Å²) in [6.45, 7) is 8.99. The van der Waals surface area contributed by atoms with E-state index in [1.165, 1.54) is 11.1 Å². The largest absolute Gasteiger partial charge is 0.330 e. The summed E-state index contributed by atoms with van der Waals surface area (Å²) in [6.07, 6.45) is 3.14. The molecule has 0 fully saturated rings. The van der Waals surface area contributed by atoms with Crippen molar-refractivity contribution in [2.24, 2.45) is 11.7 Å². The molecule has 19 heavy (non-hydrogen) atoms. The Morgan fingerprint density at radius 3 is 2.32 bits per heavy atom. The third kappa shape index (κ3) is 4.79. The minimum Gasteiger partial charge on any atom is -0.330 e. The third-order valence-electron chi connectivity index (χ3n) is 3.41. The molecule has 2 N–H and O–H groups in total. The fourth-order valence-corrected chi connectivity index (χ4v) is 2.15. The zero-order valence-corrected chi connectivity index (χ0v) is 12.7. The van der Waals surface area contributed by atoms with Crippen LogP contribution in [0.2, 0.25) is 0 Å². The van der Waals surface area contributed by atoms with Crippen LogP contribution < -0.4 is 5.73 Å². The maximum Gasteiger partial charge on any atom is 0.165 e. The fourth-order valence-electron chi connectivity index (χ4n) is 2.15. The molecule has 0 aliphatic carbocycles. The Balaban J connectivity index is 3.00. The smallest absolute Gasteiger partial charge is 0.165 e. The molecule has 1 aromatic carbocycles. The van der Waals surface area contributed by atoms with E-state index in [9.17, 15) is 4.79 Å². The van der Waals surface area contributed by atoms with Crippen molar-refractivity contribution in [2.75, 3.05) is 6.54 Å². The number of hydrogen-bond acceptors (Lipinski definition) is 2. The quantitative estimate of drug-likeness (QED) is 0.597. The Hall–Kier alpha value is -1.15. The molecule has 0 bridgehead atoms. The number of unbranched alkanes of at least 4 members (excludes halogenated alkanes) is 1. The first-order valence-corrected chi connectivity index (χ1v) is 7.33. The number of hydrogen-bond donors (Lipinski definition) is 1. The minimum absolute atomic E-state index is 0.0549. The molecule has 0 amide bonds. The lowest BCUT2D eigenvalue weighted by atomic mass is 9.91. The van der Waals surface area contributed by atoms with Gasteiger partial charge < -0.3 is 5.73 Å². The van der Waals surface area contributed by atoms with Gasteiger partial charge in [0.05, 0.1) is 0 Å². The Bertz CT molecular complexity index is 421. The van der Waals surface area contributed by atoms with Crippen LogP contribution in [0.1, 0.15) is 67.9 Å². The zero-order valence-electron chi connectivity index (χ0n) is 12.7. The highest BCUT2D eigenvalue weighted by molar-refractivity contribution is 5.97. The van der Waals surface area contributed by atoms with Crippen molar-refractivity contribution < 1.29 is 4.79 Å². The molecule has 2 heteroatoms. The molecule has 0 saturated carbocycles. The lowest BCUT2D eigenvalue weighted by Crippen LogP contribution is -2.09. The second-order valence-corrected chi connectivity index (χ2v) is 5.88. The van der Waals surface area contributed by atoms with Gasteiger partial charge in [0.2, 0.25) is 0 Å². The van der Waals surface area contributed by atoms with Crippen molar-refractivity contribution in [3.8, 4) is 0 Å². The number of Topliss-reactive ketones (excluding diaryl/α,β-unsaturated/α-hetero) is 1. The van der Waals surface area contributed by atoms with Crippen LogP contribution in [0.3, 0.4) is 0 Å². The molecule has 0 aliphatic rings. The van der Waals surface area contributed by atoms with Crippen LogP contribution in [0.25, 0.3) is 0 Å². The van der Waals surface area contributed by atoms with Crippen molar-refractivity contribution in [2.45, 2.75) is 52.9 Å². The Morgan fingerprint density at radius 1 is 1.11 bits per heavy atom. The second kappa shape index (κ2) is 7.44. The zero-order chi connectivity index (χ0) is 14.4. The number of ketones is 1. The first kappa shape index (κ1) is 15.9. The Morgan fingerprint density at radius 2 is 1.79 bits per heavy atom. The molecular weight excluding hydrogens is 234 g/mol. The molecule has 1 rings (SSSR count). The predicted octanol–water partition coefficient (Wildman–Crippen LogP) is 3.93. The average Bonchev–Trinajstić information content (AvgIpc) is 2.37. The first-order valence-electron chi connectivity index (χ1n) is 7.33. The standard InChI is InChI=1S/C17H27NO/c1-12(2)15-9-14(7-5-6-8-18)10-16(11-15)17(19)13(3)4/h9-13H,5-8,18H2,1-4H3. The van der Waals surface area contributed by atoms with Gasteiger partial charge in [0.1, 0.15) is 0 Å². The van der Waals surface area contributed by atoms with Crippen LogP contribution in [0.15, 0.2) is 18.2 Å². The average molecular weight is 261 g/mol. The highest BCUT2D eigenvalue weighted by Crippen LogP contribution is 2.21. The first-order chi connectivity index (χ1) is 8.95. The van der Waals surface area contributed by atoms with E-state index in [-0.39, 0.29) is 11.7 Å². The van der Waals surface area contributed by atoms with E-state index in [1.807, 2.05) is 13.8 Å². The van der Waals surface area contributed by atoms with Gasteiger partial charge in [-0.1, -0.05) is 33.8 Å². The van der Waals surface area contributed by atoms with Crippen molar-refractivity contribution >= 4 is 5.78 Å². The normalized spacial score (nSPS) is 11.3. The van der Waals surface area contributed by atoms with Crippen molar-refractivity contribution in [1.82, 2.24) is 0 Å². The number of rotatable bonds is 7. The summed E-state index contributed by atoms with van der Waals surface area (Å²) in [7, 11) is 0. The van der Waals surface area contributed by atoms with Crippen LogP contribution in [-0.4, -0.2) is 12.3 Å². The molecule has 0 saturated heterocycles.